The molecule has 1 aromatic rings. The molecule has 1 heterocycles. The van der Waals surface area contributed by atoms with Gasteiger partial charge in [0.05, 0.1) is 10.7 Å². The van der Waals surface area contributed by atoms with Crippen molar-refractivity contribution < 1.29 is 0 Å². The molecule has 0 fully saturated rings. The molecule has 0 aliphatic carbocycles. The number of benzene rings is 1. The Labute approximate surface area is 88.0 Å². The summed E-state index contributed by atoms with van der Waals surface area (Å²) in [5, 5.41) is 4.20. The van der Waals surface area contributed by atoms with Crippen molar-refractivity contribution >= 4 is 28.6 Å². The molecule has 0 saturated carbocycles. The number of rotatable bonds is 1. The van der Waals surface area contributed by atoms with Gasteiger partial charge in [0.1, 0.15) is 0 Å². The van der Waals surface area contributed by atoms with E-state index in [-0.39, 0.29) is 0 Å². The molecule has 3 N–H and O–H groups in total. The van der Waals surface area contributed by atoms with E-state index in [1.165, 1.54) is 0 Å². The molecule has 0 radical (unpaired) electrons. The van der Waals surface area contributed by atoms with E-state index in [1.54, 1.807) is 0 Å². The number of nitrogen functional groups attached to an aromatic ring is 1. The number of thiocarbonyl (C=S) groups is 1. The van der Waals surface area contributed by atoms with Crippen LogP contribution in [-0.2, 0) is 0 Å². The summed E-state index contributed by atoms with van der Waals surface area (Å²) in [4.78, 5) is 0.809. The minimum atomic E-state index is 0.772. The molecule has 14 heavy (non-hydrogen) atoms. The van der Waals surface area contributed by atoms with Gasteiger partial charge in [0.15, 0.2) is 0 Å². The van der Waals surface area contributed by atoms with Crippen molar-refractivity contribution in [2.24, 2.45) is 5.10 Å². The van der Waals surface area contributed by atoms with Crippen LogP contribution >= 0.6 is 12.2 Å². The first kappa shape index (κ1) is 9.15. The van der Waals surface area contributed by atoms with E-state index in [2.05, 4.69) is 10.5 Å². The Morgan fingerprint density at radius 3 is 2.50 bits per heavy atom. The Morgan fingerprint density at radius 2 is 1.93 bits per heavy atom. The highest BCUT2D eigenvalue weighted by atomic mass is 32.1. The number of nitrogens with one attached hydrogen (secondary N) is 1. The molecule has 0 aromatic heterocycles. The number of nitrogens with two attached hydrogens (primary N) is 1. The number of hydrogen-bond acceptors (Lipinski definition) is 3. The predicted octanol–water partition coefficient (Wildman–Crippen LogP) is 1.68. The van der Waals surface area contributed by atoms with E-state index in [4.69, 9.17) is 18.0 Å². The smallest absolute Gasteiger partial charge is 0.0965 e. The van der Waals surface area contributed by atoms with Crippen molar-refractivity contribution in [2.45, 2.75) is 12.8 Å². The fourth-order valence-electron chi connectivity index (χ4n) is 1.36. The number of anilines is 1. The minimum Gasteiger partial charge on any atom is -0.399 e. The van der Waals surface area contributed by atoms with Crippen LogP contribution in [0.1, 0.15) is 18.4 Å². The Bertz CT molecular complexity index is 381. The van der Waals surface area contributed by atoms with Crippen LogP contribution in [-0.4, -0.2) is 10.7 Å². The Balaban J connectivity index is 2.23. The van der Waals surface area contributed by atoms with Crippen molar-refractivity contribution in [1.82, 2.24) is 5.43 Å². The summed E-state index contributed by atoms with van der Waals surface area (Å²) >= 11 is 4.99. The van der Waals surface area contributed by atoms with E-state index in [9.17, 15) is 0 Å². The van der Waals surface area contributed by atoms with Crippen molar-refractivity contribution in [3.8, 4) is 0 Å². The molecule has 0 bridgehead atoms. The molecule has 1 aliphatic rings. The summed E-state index contributed by atoms with van der Waals surface area (Å²) < 4.78 is 0. The number of nitrogens with zero attached hydrogens (tertiary/aromatic N) is 1. The van der Waals surface area contributed by atoms with Gasteiger partial charge in [-0.1, -0.05) is 24.4 Å². The standard InChI is InChI=1S/C10H11N3S/c11-8-3-1-7(2-4-8)9-5-6-10(14)13-12-9/h1-4H,5-6,11H2,(H,13,14). The van der Waals surface area contributed by atoms with E-state index < -0.39 is 0 Å². The summed E-state index contributed by atoms with van der Waals surface area (Å²) in [6.07, 6.45) is 1.77. The third-order valence-corrected chi connectivity index (χ3v) is 2.44. The van der Waals surface area contributed by atoms with Crippen molar-refractivity contribution in [2.75, 3.05) is 5.73 Å². The quantitative estimate of drug-likeness (QED) is 0.542. The molecule has 2 rings (SSSR count). The molecule has 0 amide bonds. The van der Waals surface area contributed by atoms with E-state index in [1.807, 2.05) is 24.3 Å². The zero-order valence-corrected chi connectivity index (χ0v) is 8.47. The van der Waals surface area contributed by atoms with Crippen LogP contribution < -0.4 is 11.2 Å². The summed E-state index contributed by atoms with van der Waals surface area (Å²) in [5.74, 6) is 0. The van der Waals surface area contributed by atoms with Gasteiger partial charge in [0.25, 0.3) is 0 Å². The summed E-state index contributed by atoms with van der Waals surface area (Å²) in [6.45, 7) is 0. The van der Waals surface area contributed by atoms with Crippen LogP contribution in [0, 0.1) is 0 Å². The molecule has 1 aromatic carbocycles. The van der Waals surface area contributed by atoms with E-state index in [0.29, 0.717) is 0 Å². The van der Waals surface area contributed by atoms with Crippen LogP contribution in [0.5, 0.6) is 0 Å². The second-order valence-electron chi connectivity index (χ2n) is 3.22. The highest BCUT2D eigenvalue weighted by molar-refractivity contribution is 7.80. The molecule has 0 atom stereocenters. The third-order valence-electron chi connectivity index (χ3n) is 2.15. The normalized spacial score (nSPS) is 16.0. The topological polar surface area (TPSA) is 50.4 Å². The first-order valence-electron chi connectivity index (χ1n) is 4.47. The molecule has 0 unspecified atom stereocenters. The maximum atomic E-state index is 5.60. The van der Waals surface area contributed by atoms with Gasteiger partial charge in [-0.3, -0.25) is 5.43 Å². The van der Waals surface area contributed by atoms with Crippen LogP contribution in [0.3, 0.4) is 0 Å². The molecule has 1 aliphatic heterocycles. The summed E-state index contributed by atoms with van der Waals surface area (Å²) in [6, 6.07) is 7.71. The lowest BCUT2D eigenvalue weighted by molar-refractivity contribution is 0.927. The average Bonchev–Trinajstić information content (AvgIpc) is 2.21. The number of hydrazone groups is 1. The van der Waals surface area contributed by atoms with Gasteiger partial charge >= 0.3 is 0 Å². The Kier molecular flexibility index (Phi) is 2.45. The highest BCUT2D eigenvalue weighted by Gasteiger charge is 2.10. The van der Waals surface area contributed by atoms with Gasteiger partial charge in [0.2, 0.25) is 0 Å². The van der Waals surface area contributed by atoms with Crippen molar-refractivity contribution in [3.05, 3.63) is 29.8 Å². The van der Waals surface area contributed by atoms with Gasteiger partial charge < -0.3 is 5.73 Å². The van der Waals surface area contributed by atoms with Gasteiger partial charge in [-0.05, 0) is 24.1 Å². The summed E-state index contributed by atoms with van der Waals surface area (Å²) in [5.41, 5.74) is 11.4. The number of hydrogen-bond donors (Lipinski definition) is 2. The first-order chi connectivity index (χ1) is 6.75. The lowest BCUT2D eigenvalue weighted by atomic mass is 10.0. The zero-order chi connectivity index (χ0) is 9.97. The van der Waals surface area contributed by atoms with Crippen LogP contribution in [0.2, 0.25) is 0 Å². The maximum Gasteiger partial charge on any atom is 0.0965 e. The van der Waals surface area contributed by atoms with Crippen LogP contribution in [0.15, 0.2) is 29.4 Å². The Morgan fingerprint density at radius 1 is 1.21 bits per heavy atom. The first-order valence-corrected chi connectivity index (χ1v) is 4.88. The van der Waals surface area contributed by atoms with Crippen molar-refractivity contribution in [3.63, 3.8) is 0 Å². The second kappa shape index (κ2) is 3.75. The van der Waals surface area contributed by atoms with Gasteiger partial charge in [-0.2, -0.15) is 5.10 Å². The monoisotopic (exact) mass is 205 g/mol. The van der Waals surface area contributed by atoms with E-state index in [0.717, 1.165) is 34.8 Å². The molecular formula is C10H11N3S. The second-order valence-corrected chi connectivity index (χ2v) is 3.71. The Hall–Kier alpha value is -1.42. The molecule has 0 spiro atoms. The molecule has 3 nitrogen and oxygen atoms in total. The summed E-state index contributed by atoms with van der Waals surface area (Å²) in [7, 11) is 0. The predicted molar refractivity (Wildman–Crippen MR) is 62.4 cm³/mol. The zero-order valence-electron chi connectivity index (χ0n) is 7.66. The lowest BCUT2D eigenvalue weighted by Crippen LogP contribution is -2.24. The van der Waals surface area contributed by atoms with Gasteiger partial charge in [0, 0.05) is 12.1 Å². The average molecular weight is 205 g/mol. The highest BCUT2D eigenvalue weighted by Crippen LogP contribution is 2.12. The minimum absolute atomic E-state index is 0.772. The molecule has 4 heteroatoms. The maximum absolute atomic E-state index is 5.60. The lowest BCUT2D eigenvalue weighted by Gasteiger charge is -2.13. The third kappa shape index (κ3) is 1.90. The largest absolute Gasteiger partial charge is 0.399 e. The molecular weight excluding hydrogens is 194 g/mol. The van der Waals surface area contributed by atoms with Crippen LogP contribution in [0.4, 0.5) is 5.69 Å². The SMILES string of the molecule is Nc1ccc(C2=NNC(=S)CC2)cc1. The molecule has 0 saturated heterocycles. The van der Waals surface area contributed by atoms with E-state index >= 15 is 0 Å². The fraction of sp³-hybridized carbons (Fsp3) is 0.200. The fourth-order valence-corrected chi connectivity index (χ4v) is 1.51. The van der Waals surface area contributed by atoms with Crippen LogP contribution in [0.25, 0.3) is 0 Å². The molecule has 72 valence electrons. The van der Waals surface area contributed by atoms with Gasteiger partial charge in [-0.15, -0.1) is 0 Å². The van der Waals surface area contributed by atoms with Crippen molar-refractivity contribution in [1.29, 1.82) is 0 Å². The van der Waals surface area contributed by atoms with Gasteiger partial charge in [-0.25, -0.2) is 0 Å².